The average Bonchev–Trinajstić information content (AvgIpc) is 2.19. The minimum absolute atomic E-state index is 0.483. The number of hydrogen-bond donors (Lipinski definition) is 1. The molecule has 1 rings (SSSR count). The van der Waals surface area contributed by atoms with E-state index in [2.05, 4.69) is 10.3 Å². The predicted octanol–water partition coefficient (Wildman–Crippen LogP) is 0.264. The summed E-state index contributed by atoms with van der Waals surface area (Å²) in [6, 6.07) is 5.24. The van der Waals surface area contributed by atoms with Crippen LogP contribution in [0, 0.1) is 11.3 Å². The highest BCUT2D eigenvalue weighted by atomic mass is 16.1. The van der Waals surface area contributed by atoms with Crippen molar-refractivity contribution in [1.82, 2.24) is 10.3 Å². The Labute approximate surface area is 76.2 Å². The average molecular weight is 175 g/mol. The number of nitrogens with one attached hydrogen (secondary N) is 1. The summed E-state index contributed by atoms with van der Waals surface area (Å²) in [5.41, 5.74) is 1.09. The lowest BCUT2D eigenvalue weighted by atomic mass is 10.2. The fourth-order valence-corrected chi connectivity index (χ4v) is 0.909. The fraction of sp³-hybridized carbons (Fsp3) is 0.222. The molecule has 0 bridgehead atoms. The minimum atomic E-state index is -0.589. The second-order valence-electron chi connectivity index (χ2n) is 2.47. The molecule has 1 aromatic heterocycles. The highest BCUT2D eigenvalue weighted by Gasteiger charge is 1.96. The van der Waals surface area contributed by atoms with Crippen LogP contribution >= 0.6 is 0 Å². The van der Waals surface area contributed by atoms with Gasteiger partial charge in [-0.2, -0.15) is 5.26 Å². The Hall–Kier alpha value is -1.89. The Balaban J connectivity index is 2.29. The highest BCUT2D eigenvalue weighted by Crippen LogP contribution is 1.95. The minimum Gasteiger partial charge on any atom is -0.343 e. The summed E-state index contributed by atoms with van der Waals surface area (Å²) in [4.78, 5) is 14.4. The largest absolute Gasteiger partial charge is 0.343 e. The molecular weight excluding hydrogens is 166 g/mol. The molecule has 0 unspecified atom stereocenters. The van der Waals surface area contributed by atoms with E-state index in [9.17, 15) is 4.79 Å². The zero-order valence-corrected chi connectivity index (χ0v) is 7.03. The monoisotopic (exact) mass is 175 g/mol. The number of hydrogen-bond acceptors (Lipinski definition) is 3. The molecule has 13 heavy (non-hydrogen) atoms. The van der Waals surface area contributed by atoms with Crippen LogP contribution in [0.25, 0.3) is 0 Å². The Morgan fingerprint density at radius 2 is 2.23 bits per heavy atom. The van der Waals surface area contributed by atoms with Crippen LogP contribution in [0.4, 0.5) is 0 Å². The molecule has 1 amide bonds. The second kappa shape index (κ2) is 4.88. The first kappa shape index (κ1) is 9.20. The van der Waals surface area contributed by atoms with E-state index in [1.165, 1.54) is 6.07 Å². The van der Waals surface area contributed by atoms with E-state index in [0.29, 0.717) is 6.54 Å². The number of carbonyl (C=O) groups excluding carboxylic acids is 1. The molecule has 0 atom stereocenters. The fourth-order valence-electron chi connectivity index (χ4n) is 0.909. The Bertz CT molecular complexity index is 315. The van der Waals surface area contributed by atoms with Crippen LogP contribution in [0.15, 0.2) is 24.5 Å². The molecule has 0 saturated heterocycles. The highest BCUT2D eigenvalue weighted by molar-refractivity contribution is 5.91. The molecular formula is C9H9N3O. The van der Waals surface area contributed by atoms with Gasteiger partial charge in [0, 0.05) is 18.9 Å². The Morgan fingerprint density at radius 1 is 1.54 bits per heavy atom. The molecule has 0 fully saturated rings. The van der Waals surface area contributed by atoms with Crippen molar-refractivity contribution in [3.63, 3.8) is 0 Å². The van der Waals surface area contributed by atoms with Gasteiger partial charge in [0.1, 0.15) is 0 Å². The number of carbonyl (C=O) groups is 1. The van der Waals surface area contributed by atoms with Crippen LogP contribution in [0.1, 0.15) is 5.56 Å². The van der Waals surface area contributed by atoms with Gasteiger partial charge in [-0.3, -0.25) is 9.78 Å². The number of nitrogens with zero attached hydrogens (tertiary/aromatic N) is 2. The maximum absolute atomic E-state index is 10.5. The topological polar surface area (TPSA) is 65.8 Å². The number of pyridine rings is 1. The second-order valence-corrected chi connectivity index (χ2v) is 2.47. The van der Waals surface area contributed by atoms with Gasteiger partial charge in [-0.15, -0.1) is 0 Å². The summed E-state index contributed by atoms with van der Waals surface area (Å²) in [5.74, 6) is -0.589. The molecule has 0 aliphatic carbocycles. The van der Waals surface area contributed by atoms with Gasteiger partial charge in [-0.1, -0.05) is 0 Å². The quantitative estimate of drug-likeness (QED) is 0.670. The molecule has 1 heterocycles. The molecule has 0 aliphatic heterocycles. The van der Waals surface area contributed by atoms with Crippen molar-refractivity contribution >= 4 is 5.91 Å². The molecule has 66 valence electrons. The zero-order valence-electron chi connectivity index (χ0n) is 7.03. The number of aromatic nitrogens is 1. The third kappa shape index (κ3) is 3.34. The SMILES string of the molecule is N#CC(=O)NCCc1ccncc1. The number of amides is 1. The first-order chi connectivity index (χ1) is 6.33. The van der Waals surface area contributed by atoms with Crippen molar-refractivity contribution in [3.8, 4) is 6.07 Å². The van der Waals surface area contributed by atoms with E-state index < -0.39 is 5.91 Å². The summed E-state index contributed by atoms with van der Waals surface area (Å²) >= 11 is 0. The maximum atomic E-state index is 10.5. The van der Waals surface area contributed by atoms with E-state index in [4.69, 9.17) is 5.26 Å². The van der Waals surface area contributed by atoms with Gasteiger partial charge in [0.15, 0.2) is 6.07 Å². The van der Waals surface area contributed by atoms with Crippen LogP contribution < -0.4 is 5.32 Å². The van der Waals surface area contributed by atoms with Crippen LogP contribution in [-0.2, 0) is 11.2 Å². The Morgan fingerprint density at radius 3 is 2.85 bits per heavy atom. The smallest absolute Gasteiger partial charge is 0.322 e. The first-order valence-corrected chi connectivity index (χ1v) is 3.90. The van der Waals surface area contributed by atoms with Crippen LogP contribution in [-0.4, -0.2) is 17.4 Å². The summed E-state index contributed by atoms with van der Waals surface area (Å²) in [7, 11) is 0. The summed E-state index contributed by atoms with van der Waals surface area (Å²) in [6.07, 6.45) is 4.11. The van der Waals surface area contributed by atoms with Crippen molar-refractivity contribution in [2.45, 2.75) is 6.42 Å². The van der Waals surface area contributed by atoms with Crippen molar-refractivity contribution in [2.24, 2.45) is 0 Å². The normalized spacial score (nSPS) is 8.85. The molecule has 0 spiro atoms. The molecule has 4 nitrogen and oxygen atoms in total. The van der Waals surface area contributed by atoms with Crippen LogP contribution in [0.2, 0.25) is 0 Å². The van der Waals surface area contributed by atoms with Gasteiger partial charge in [0.05, 0.1) is 0 Å². The van der Waals surface area contributed by atoms with Gasteiger partial charge in [-0.25, -0.2) is 0 Å². The van der Waals surface area contributed by atoms with Gasteiger partial charge >= 0.3 is 5.91 Å². The number of nitriles is 1. The molecule has 0 saturated carbocycles. The molecule has 1 N–H and O–H groups in total. The summed E-state index contributed by atoms with van der Waals surface area (Å²) < 4.78 is 0. The van der Waals surface area contributed by atoms with Gasteiger partial charge in [-0.05, 0) is 24.1 Å². The molecule has 4 heteroatoms. The van der Waals surface area contributed by atoms with Gasteiger partial charge in [0.25, 0.3) is 0 Å². The molecule has 1 aromatic rings. The lowest BCUT2D eigenvalue weighted by Crippen LogP contribution is -2.23. The van der Waals surface area contributed by atoms with Crippen molar-refractivity contribution in [2.75, 3.05) is 6.54 Å². The number of rotatable bonds is 3. The van der Waals surface area contributed by atoms with E-state index in [1.54, 1.807) is 12.4 Å². The van der Waals surface area contributed by atoms with E-state index in [0.717, 1.165) is 12.0 Å². The standard InChI is InChI=1S/C9H9N3O/c10-7-9(13)12-6-3-8-1-4-11-5-2-8/h1-2,4-5H,3,6H2,(H,12,13). The molecule has 0 radical (unpaired) electrons. The van der Waals surface area contributed by atoms with Crippen molar-refractivity contribution < 1.29 is 4.79 Å². The van der Waals surface area contributed by atoms with Gasteiger partial charge < -0.3 is 5.32 Å². The molecule has 0 aromatic carbocycles. The zero-order chi connectivity index (χ0) is 9.52. The Kier molecular flexibility index (Phi) is 3.45. The van der Waals surface area contributed by atoms with E-state index in [1.807, 2.05) is 12.1 Å². The van der Waals surface area contributed by atoms with Crippen LogP contribution in [0.3, 0.4) is 0 Å². The van der Waals surface area contributed by atoms with E-state index >= 15 is 0 Å². The van der Waals surface area contributed by atoms with E-state index in [-0.39, 0.29) is 0 Å². The van der Waals surface area contributed by atoms with Crippen LogP contribution in [0.5, 0.6) is 0 Å². The lowest BCUT2D eigenvalue weighted by molar-refractivity contribution is -0.115. The maximum Gasteiger partial charge on any atom is 0.322 e. The predicted molar refractivity (Wildman–Crippen MR) is 46.6 cm³/mol. The summed E-state index contributed by atoms with van der Waals surface area (Å²) in [5, 5.41) is 10.6. The summed E-state index contributed by atoms with van der Waals surface area (Å²) in [6.45, 7) is 0.483. The van der Waals surface area contributed by atoms with Crippen molar-refractivity contribution in [1.29, 1.82) is 5.26 Å². The first-order valence-electron chi connectivity index (χ1n) is 3.90. The molecule has 0 aliphatic rings. The third-order valence-corrected chi connectivity index (χ3v) is 1.55. The van der Waals surface area contributed by atoms with Gasteiger partial charge in [0.2, 0.25) is 0 Å². The van der Waals surface area contributed by atoms with Crippen molar-refractivity contribution in [3.05, 3.63) is 30.1 Å². The third-order valence-electron chi connectivity index (χ3n) is 1.55. The lowest BCUT2D eigenvalue weighted by Gasteiger charge is -1.99.